The summed E-state index contributed by atoms with van der Waals surface area (Å²) in [7, 11) is 3.91. The summed E-state index contributed by atoms with van der Waals surface area (Å²) in [5.74, 6) is 0.586. The molecule has 1 N–H and O–H groups in total. The van der Waals surface area contributed by atoms with Crippen molar-refractivity contribution >= 4 is 0 Å². The Hall–Kier alpha value is -1.68. The van der Waals surface area contributed by atoms with Crippen molar-refractivity contribution in [2.45, 2.75) is 13.3 Å². The molecule has 96 valence electrons. The molecule has 2 aromatic rings. The minimum atomic E-state index is -0.232. The molecule has 1 aromatic heterocycles. The van der Waals surface area contributed by atoms with E-state index in [0.29, 0.717) is 0 Å². The second kappa shape index (κ2) is 5.31. The molecule has 0 aliphatic rings. The number of hydrogen-bond acceptors (Lipinski definition) is 2. The zero-order valence-corrected chi connectivity index (χ0v) is 11.0. The first-order valence-corrected chi connectivity index (χ1v) is 6.06. The van der Waals surface area contributed by atoms with E-state index in [0.717, 1.165) is 30.0 Å². The van der Waals surface area contributed by atoms with Gasteiger partial charge in [0.05, 0.1) is 5.69 Å². The molecular weight excluding hydrogens is 229 g/mol. The van der Waals surface area contributed by atoms with Crippen LogP contribution >= 0.6 is 0 Å². The Balaban J connectivity index is 2.40. The molecule has 18 heavy (non-hydrogen) atoms. The number of halogens is 1. The van der Waals surface area contributed by atoms with Gasteiger partial charge >= 0.3 is 0 Å². The molecule has 0 spiro atoms. The standard InChI is InChI=1S/C14H18FN3/c1-10-13(7-8-16-2)18(3)14(17-10)11-5-4-6-12(15)9-11/h4-6,9,16H,7-8H2,1-3H3. The first kappa shape index (κ1) is 12.8. The van der Waals surface area contributed by atoms with Crippen molar-refractivity contribution in [3.05, 3.63) is 41.5 Å². The van der Waals surface area contributed by atoms with Gasteiger partial charge in [-0.25, -0.2) is 9.37 Å². The van der Waals surface area contributed by atoms with Crippen molar-refractivity contribution in [2.24, 2.45) is 7.05 Å². The molecule has 0 aliphatic heterocycles. The summed E-state index contributed by atoms with van der Waals surface area (Å²) in [6, 6.07) is 6.56. The molecular formula is C14H18FN3. The van der Waals surface area contributed by atoms with Crippen molar-refractivity contribution < 1.29 is 4.39 Å². The number of hydrogen-bond donors (Lipinski definition) is 1. The highest BCUT2D eigenvalue weighted by Crippen LogP contribution is 2.22. The maximum Gasteiger partial charge on any atom is 0.140 e. The fourth-order valence-corrected chi connectivity index (χ4v) is 2.15. The van der Waals surface area contributed by atoms with Crippen LogP contribution in [0.3, 0.4) is 0 Å². The third-order valence-corrected chi connectivity index (χ3v) is 3.11. The lowest BCUT2D eigenvalue weighted by Crippen LogP contribution is -2.13. The number of nitrogens with one attached hydrogen (secondary N) is 1. The Labute approximate surface area is 107 Å². The van der Waals surface area contributed by atoms with Crippen LogP contribution in [0.15, 0.2) is 24.3 Å². The lowest BCUT2D eigenvalue weighted by molar-refractivity contribution is 0.628. The van der Waals surface area contributed by atoms with Crippen LogP contribution in [-0.2, 0) is 13.5 Å². The Morgan fingerprint density at radius 3 is 2.83 bits per heavy atom. The van der Waals surface area contributed by atoms with E-state index in [1.165, 1.54) is 17.8 Å². The first-order valence-electron chi connectivity index (χ1n) is 6.06. The smallest absolute Gasteiger partial charge is 0.140 e. The number of benzene rings is 1. The average molecular weight is 247 g/mol. The van der Waals surface area contributed by atoms with Crippen LogP contribution in [0.25, 0.3) is 11.4 Å². The number of rotatable bonds is 4. The van der Waals surface area contributed by atoms with Gasteiger partial charge in [-0.2, -0.15) is 0 Å². The van der Waals surface area contributed by atoms with Crippen LogP contribution in [-0.4, -0.2) is 23.1 Å². The fourth-order valence-electron chi connectivity index (χ4n) is 2.15. The first-order chi connectivity index (χ1) is 8.63. The highest BCUT2D eigenvalue weighted by molar-refractivity contribution is 5.56. The predicted octanol–water partition coefficient (Wildman–Crippen LogP) is 2.30. The minimum absolute atomic E-state index is 0.232. The van der Waals surface area contributed by atoms with E-state index in [4.69, 9.17) is 0 Å². The summed E-state index contributed by atoms with van der Waals surface area (Å²) in [6.07, 6.45) is 0.918. The molecule has 0 fully saturated rings. The van der Waals surface area contributed by atoms with E-state index >= 15 is 0 Å². The van der Waals surface area contributed by atoms with Crippen LogP contribution in [0.1, 0.15) is 11.4 Å². The summed E-state index contributed by atoms with van der Waals surface area (Å²) >= 11 is 0. The molecule has 3 nitrogen and oxygen atoms in total. The number of nitrogens with zero attached hydrogens (tertiary/aromatic N) is 2. The molecule has 2 rings (SSSR count). The van der Waals surface area contributed by atoms with Gasteiger partial charge in [-0.15, -0.1) is 0 Å². The van der Waals surface area contributed by atoms with E-state index in [1.54, 1.807) is 6.07 Å². The van der Waals surface area contributed by atoms with Crippen molar-refractivity contribution in [2.75, 3.05) is 13.6 Å². The van der Waals surface area contributed by atoms with Crippen LogP contribution in [0.4, 0.5) is 4.39 Å². The molecule has 0 bridgehead atoms. The zero-order valence-electron chi connectivity index (χ0n) is 11.0. The topological polar surface area (TPSA) is 29.9 Å². The highest BCUT2D eigenvalue weighted by atomic mass is 19.1. The van der Waals surface area contributed by atoms with Gasteiger partial charge in [0.1, 0.15) is 11.6 Å². The molecule has 1 heterocycles. The van der Waals surface area contributed by atoms with E-state index in [-0.39, 0.29) is 5.82 Å². The number of aryl methyl sites for hydroxylation is 1. The van der Waals surface area contributed by atoms with Gasteiger partial charge in [0, 0.05) is 31.3 Å². The van der Waals surface area contributed by atoms with Gasteiger partial charge < -0.3 is 9.88 Å². The summed E-state index contributed by atoms with van der Waals surface area (Å²) in [6.45, 7) is 2.90. The maximum absolute atomic E-state index is 13.2. The predicted molar refractivity (Wildman–Crippen MR) is 71.0 cm³/mol. The van der Waals surface area contributed by atoms with E-state index in [9.17, 15) is 4.39 Å². The fraction of sp³-hybridized carbons (Fsp3) is 0.357. The molecule has 1 aromatic carbocycles. The maximum atomic E-state index is 13.2. The van der Waals surface area contributed by atoms with Gasteiger partial charge in [-0.1, -0.05) is 12.1 Å². The number of imidazole rings is 1. The van der Waals surface area contributed by atoms with E-state index in [2.05, 4.69) is 10.3 Å². The van der Waals surface area contributed by atoms with Crippen molar-refractivity contribution in [1.29, 1.82) is 0 Å². The van der Waals surface area contributed by atoms with Gasteiger partial charge in [-0.05, 0) is 26.1 Å². The number of aromatic nitrogens is 2. The molecule has 4 heteroatoms. The van der Waals surface area contributed by atoms with E-state index < -0.39 is 0 Å². The van der Waals surface area contributed by atoms with Gasteiger partial charge in [0.15, 0.2) is 0 Å². The molecule has 0 saturated heterocycles. The summed E-state index contributed by atoms with van der Waals surface area (Å²) in [5.41, 5.74) is 3.01. The van der Waals surface area contributed by atoms with Crippen molar-refractivity contribution in [1.82, 2.24) is 14.9 Å². The quantitative estimate of drug-likeness (QED) is 0.898. The molecule has 0 amide bonds. The Kier molecular flexibility index (Phi) is 3.77. The SMILES string of the molecule is CNCCc1c(C)nc(-c2cccc(F)c2)n1C. The van der Waals surface area contributed by atoms with Gasteiger partial charge in [0.25, 0.3) is 0 Å². The third kappa shape index (κ3) is 2.43. The second-order valence-corrected chi connectivity index (χ2v) is 4.39. The lowest BCUT2D eigenvalue weighted by atomic mass is 10.2. The molecule has 0 radical (unpaired) electrons. The largest absolute Gasteiger partial charge is 0.331 e. The molecule has 0 aliphatic carbocycles. The number of likely N-dealkylation sites (N-methyl/N-ethyl adjacent to an activating group) is 1. The summed E-state index contributed by atoms with van der Waals surface area (Å²) in [5, 5.41) is 3.13. The van der Waals surface area contributed by atoms with Gasteiger partial charge in [0.2, 0.25) is 0 Å². The van der Waals surface area contributed by atoms with Crippen molar-refractivity contribution in [3.8, 4) is 11.4 Å². The minimum Gasteiger partial charge on any atom is -0.331 e. The lowest BCUT2D eigenvalue weighted by Gasteiger charge is -2.06. The molecule has 0 unspecified atom stereocenters. The van der Waals surface area contributed by atoms with Crippen LogP contribution in [0.5, 0.6) is 0 Å². The Morgan fingerprint density at radius 2 is 2.17 bits per heavy atom. The average Bonchev–Trinajstić information content (AvgIpc) is 2.63. The zero-order chi connectivity index (χ0) is 13.1. The van der Waals surface area contributed by atoms with Crippen LogP contribution < -0.4 is 5.32 Å². The van der Waals surface area contributed by atoms with Crippen LogP contribution in [0.2, 0.25) is 0 Å². The van der Waals surface area contributed by atoms with Crippen LogP contribution in [0, 0.1) is 12.7 Å². The van der Waals surface area contributed by atoms with E-state index in [1.807, 2.05) is 31.7 Å². The second-order valence-electron chi connectivity index (χ2n) is 4.39. The Bertz CT molecular complexity index is 546. The molecule has 0 atom stereocenters. The van der Waals surface area contributed by atoms with Crippen molar-refractivity contribution in [3.63, 3.8) is 0 Å². The van der Waals surface area contributed by atoms with Gasteiger partial charge in [-0.3, -0.25) is 0 Å². The summed E-state index contributed by atoms with van der Waals surface area (Å²) < 4.78 is 15.3. The normalized spacial score (nSPS) is 10.9. The third-order valence-electron chi connectivity index (χ3n) is 3.11. The Morgan fingerprint density at radius 1 is 1.39 bits per heavy atom. The molecule has 0 saturated carbocycles. The monoisotopic (exact) mass is 247 g/mol. The summed E-state index contributed by atoms with van der Waals surface area (Å²) in [4.78, 5) is 4.54. The highest BCUT2D eigenvalue weighted by Gasteiger charge is 2.12.